The van der Waals surface area contributed by atoms with Gasteiger partial charge in [0.15, 0.2) is 64.0 Å². The van der Waals surface area contributed by atoms with Gasteiger partial charge >= 0.3 is 0 Å². The van der Waals surface area contributed by atoms with Crippen LogP contribution in [0.15, 0.2) is 54.6 Å². The summed E-state index contributed by atoms with van der Waals surface area (Å²) in [6.45, 7) is 0. The lowest BCUT2D eigenvalue weighted by atomic mass is 9.83. The molecule has 0 saturated carbocycles. The highest BCUT2D eigenvalue weighted by atomic mass is 19.2. The molecule has 228 valence electrons. The molecule has 0 heterocycles. The van der Waals surface area contributed by atoms with Gasteiger partial charge in [-0.15, -0.1) is 0 Å². The molecule has 0 aromatic heterocycles. The van der Waals surface area contributed by atoms with Crippen molar-refractivity contribution in [1.82, 2.24) is 0 Å². The lowest BCUT2D eigenvalue weighted by molar-refractivity contribution is 0.411. The van der Waals surface area contributed by atoms with E-state index in [-0.39, 0.29) is 6.07 Å². The minimum absolute atomic E-state index is 0.145. The second-order valence-electron chi connectivity index (χ2n) is 9.68. The van der Waals surface area contributed by atoms with Crippen LogP contribution in [0.3, 0.4) is 0 Å². The number of halogens is 13. The molecule has 0 N–H and O–H groups in total. The van der Waals surface area contributed by atoms with Gasteiger partial charge < -0.3 is 0 Å². The van der Waals surface area contributed by atoms with Crippen LogP contribution < -0.4 is 0 Å². The molecule has 0 amide bonds. The van der Waals surface area contributed by atoms with Gasteiger partial charge in [0.05, 0.1) is 10.8 Å². The van der Waals surface area contributed by atoms with Crippen LogP contribution in [0, 0.1) is 75.6 Å². The smallest absolute Gasteiger partial charge is 0.198 e. The average molecular weight is 640 g/mol. The van der Waals surface area contributed by atoms with Gasteiger partial charge in [-0.3, -0.25) is 0 Å². The first-order valence-electron chi connectivity index (χ1n) is 12.4. The summed E-state index contributed by atoms with van der Waals surface area (Å²) in [6, 6.07) is 5.89. The van der Waals surface area contributed by atoms with Crippen molar-refractivity contribution in [3.8, 4) is 33.4 Å². The largest absolute Gasteiger partial charge is 0.207 e. The second-order valence-corrected chi connectivity index (χ2v) is 9.68. The van der Waals surface area contributed by atoms with E-state index in [1.54, 1.807) is 0 Å². The van der Waals surface area contributed by atoms with E-state index >= 15 is 13.2 Å². The van der Waals surface area contributed by atoms with Crippen molar-refractivity contribution in [2.75, 3.05) is 0 Å². The Balaban J connectivity index is 1.91. The van der Waals surface area contributed by atoms with Crippen LogP contribution in [-0.4, -0.2) is 0 Å². The van der Waals surface area contributed by atoms with E-state index in [1.807, 2.05) is 0 Å². The van der Waals surface area contributed by atoms with Gasteiger partial charge in [-0.05, 0) is 45.8 Å². The van der Waals surface area contributed by atoms with Crippen LogP contribution >= 0.6 is 0 Å². The maximum atomic E-state index is 15.7. The maximum absolute atomic E-state index is 15.7. The van der Waals surface area contributed by atoms with Crippen molar-refractivity contribution < 1.29 is 57.1 Å². The Hall–Kier alpha value is -5.07. The fraction of sp³-hybridized carbons (Fsp3) is 0. The van der Waals surface area contributed by atoms with Gasteiger partial charge in [-0.25, -0.2) is 57.1 Å². The summed E-state index contributed by atoms with van der Waals surface area (Å²) in [5.41, 5.74) is -5.23. The summed E-state index contributed by atoms with van der Waals surface area (Å²) in [6.07, 6.45) is 0. The van der Waals surface area contributed by atoms with Gasteiger partial charge in [0.2, 0.25) is 0 Å². The Morgan fingerprint density at radius 3 is 1.56 bits per heavy atom. The van der Waals surface area contributed by atoms with E-state index in [4.69, 9.17) is 0 Å². The highest BCUT2D eigenvalue weighted by Crippen LogP contribution is 2.48. The van der Waals surface area contributed by atoms with E-state index in [0.717, 1.165) is 30.3 Å². The molecule has 0 nitrogen and oxygen atoms in total. The van der Waals surface area contributed by atoms with Gasteiger partial charge in [0.25, 0.3) is 0 Å². The molecule has 0 bridgehead atoms. The minimum Gasteiger partial charge on any atom is -0.207 e. The van der Waals surface area contributed by atoms with Crippen LogP contribution in [0.5, 0.6) is 0 Å². The van der Waals surface area contributed by atoms with Crippen LogP contribution in [0.2, 0.25) is 0 Å². The van der Waals surface area contributed by atoms with Gasteiger partial charge in [-0.1, -0.05) is 30.3 Å². The Bertz CT molecular complexity index is 2250. The summed E-state index contributed by atoms with van der Waals surface area (Å²) in [4.78, 5) is 0. The third-order valence-electron chi connectivity index (χ3n) is 7.25. The quantitative estimate of drug-likeness (QED) is 0.103. The molecule has 0 aliphatic carbocycles. The van der Waals surface area contributed by atoms with Gasteiger partial charge in [-0.2, -0.15) is 0 Å². The standard InChI is InChI=1S/C32H9F13/c33-10-8-15(24(37)18(36)9-10)11-2-1-3-14(19(11)12-4-6-16(34)20-13(12)5-7-17(35)25(20)38)21-22-23(28(41)30(43)26(21)39)29(42)32(45)31(44)27(22)40/h1-9H. The number of fused-ring (bicyclic) bond motifs is 2. The number of benzene rings is 6. The SMILES string of the molecule is Fc1cc(F)c(F)c(-c2cccc(-c3c(F)c(F)c(F)c4c(F)c(F)c(F)c(F)c34)c2-c2ccc(F)c3c(F)c(F)ccc23)c1. The minimum atomic E-state index is -2.58. The molecule has 0 atom stereocenters. The third kappa shape index (κ3) is 4.31. The molecule has 45 heavy (non-hydrogen) atoms. The van der Waals surface area contributed by atoms with Gasteiger partial charge in [0, 0.05) is 22.6 Å². The van der Waals surface area contributed by atoms with Crippen LogP contribution in [0.4, 0.5) is 57.1 Å². The predicted octanol–water partition coefficient (Wildman–Crippen LogP) is 10.8. The van der Waals surface area contributed by atoms with Crippen LogP contribution in [0.1, 0.15) is 0 Å². The lowest BCUT2D eigenvalue weighted by Gasteiger charge is -2.21. The fourth-order valence-electron chi connectivity index (χ4n) is 5.33. The van der Waals surface area contributed by atoms with Crippen molar-refractivity contribution in [2.45, 2.75) is 0 Å². The Morgan fingerprint density at radius 2 is 0.889 bits per heavy atom. The van der Waals surface area contributed by atoms with E-state index < -0.39 is 131 Å². The number of hydrogen-bond acceptors (Lipinski definition) is 0. The molecular formula is C32H9F13. The van der Waals surface area contributed by atoms with Crippen molar-refractivity contribution in [1.29, 1.82) is 0 Å². The zero-order chi connectivity index (χ0) is 32.6. The monoisotopic (exact) mass is 640 g/mol. The molecule has 0 radical (unpaired) electrons. The average Bonchev–Trinajstić information content (AvgIpc) is 3.01. The fourth-order valence-corrected chi connectivity index (χ4v) is 5.33. The zero-order valence-corrected chi connectivity index (χ0v) is 21.6. The van der Waals surface area contributed by atoms with E-state index in [0.29, 0.717) is 18.2 Å². The van der Waals surface area contributed by atoms with Crippen LogP contribution in [-0.2, 0) is 0 Å². The number of rotatable bonds is 3. The van der Waals surface area contributed by atoms with Crippen LogP contribution in [0.25, 0.3) is 54.9 Å². The summed E-state index contributed by atoms with van der Waals surface area (Å²) in [5, 5.41) is -5.16. The molecule has 0 aliphatic heterocycles. The first-order chi connectivity index (χ1) is 21.3. The topological polar surface area (TPSA) is 0 Å². The predicted molar refractivity (Wildman–Crippen MR) is 137 cm³/mol. The molecule has 0 fully saturated rings. The first kappa shape index (κ1) is 30.0. The van der Waals surface area contributed by atoms with E-state index in [1.165, 1.54) is 0 Å². The Labute approximate surface area is 242 Å². The molecule has 0 saturated heterocycles. The van der Waals surface area contributed by atoms with Crippen molar-refractivity contribution >= 4 is 21.5 Å². The van der Waals surface area contributed by atoms with Gasteiger partial charge in [0.1, 0.15) is 11.6 Å². The third-order valence-corrected chi connectivity index (χ3v) is 7.25. The normalized spacial score (nSPS) is 11.7. The molecule has 13 heteroatoms. The van der Waals surface area contributed by atoms with Crippen molar-refractivity contribution in [3.05, 3.63) is 130 Å². The van der Waals surface area contributed by atoms with E-state index in [2.05, 4.69) is 0 Å². The first-order valence-corrected chi connectivity index (χ1v) is 12.4. The highest BCUT2D eigenvalue weighted by molar-refractivity contribution is 6.09. The van der Waals surface area contributed by atoms with Crippen molar-refractivity contribution in [3.63, 3.8) is 0 Å². The maximum Gasteiger partial charge on any atom is 0.198 e. The summed E-state index contributed by atoms with van der Waals surface area (Å²) < 4.78 is 192. The Morgan fingerprint density at radius 1 is 0.311 bits per heavy atom. The summed E-state index contributed by atoms with van der Waals surface area (Å²) >= 11 is 0. The number of hydrogen-bond donors (Lipinski definition) is 0. The molecular weight excluding hydrogens is 631 g/mol. The highest BCUT2D eigenvalue weighted by Gasteiger charge is 2.33. The molecule has 6 aromatic carbocycles. The molecule has 0 unspecified atom stereocenters. The lowest BCUT2D eigenvalue weighted by Crippen LogP contribution is -2.07. The molecule has 6 rings (SSSR count). The second kappa shape index (κ2) is 10.5. The Kier molecular flexibility index (Phi) is 7.01. The summed E-state index contributed by atoms with van der Waals surface area (Å²) in [5.74, 6) is -26.8. The van der Waals surface area contributed by atoms with E-state index in [9.17, 15) is 43.9 Å². The molecule has 6 aromatic rings. The van der Waals surface area contributed by atoms with Crippen molar-refractivity contribution in [2.24, 2.45) is 0 Å². The molecule has 0 spiro atoms. The zero-order valence-electron chi connectivity index (χ0n) is 21.6. The summed E-state index contributed by atoms with van der Waals surface area (Å²) in [7, 11) is 0. The molecule has 0 aliphatic rings.